The first-order valence-corrected chi connectivity index (χ1v) is 6.04. The smallest absolute Gasteiger partial charge is 0.201 e. The van der Waals surface area contributed by atoms with E-state index in [9.17, 15) is 0 Å². The molecular weight excluding hydrogens is 226 g/mol. The van der Waals surface area contributed by atoms with E-state index in [0.717, 1.165) is 0 Å². The summed E-state index contributed by atoms with van der Waals surface area (Å²) in [6.45, 7) is 0. The molecule has 78 valence electrons. The molecule has 0 unspecified atom stereocenters. The van der Waals surface area contributed by atoms with E-state index in [1.807, 2.05) is 0 Å². The summed E-state index contributed by atoms with van der Waals surface area (Å²) in [5.41, 5.74) is 5.71. The number of pyridine rings is 1. The van der Waals surface area contributed by atoms with Gasteiger partial charge in [0.25, 0.3) is 0 Å². The standard InChI is InChI=1S/C6H10N2O4P2/c7-6(13(9)10,14(11)12)5-2-1-3-8-4-5/h1-4,9-12H,7H2. The van der Waals surface area contributed by atoms with Gasteiger partial charge in [0, 0.05) is 18.0 Å². The van der Waals surface area contributed by atoms with Crippen LogP contribution in [0, 0.1) is 0 Å². The van der Waals surface area contributed by atoms with Crippen molar-refractivity contribution in [1.82, 2.24) is 4.98 Å². The van der Waals surface area contributed by atoms with Crippen molar-refractivity contribution >= 4 is 16.8 Å². The van der Waals surface area contributed by atoms with Crippen molar-refractivity contribution in [2.75, 3.05) is 0 Å². The first-order valence-electron chi connectivity index (χ1n) is 3.55. The predicted molar refractivity (Wildman–Crippen MR) is 52.8 cm³/mol. The van der Waals surface area contributed by atoms with Crippen LogP contribution in [-0.4, -0.2) is 24.6 Å². The zero-order chi connectivity index (χ0) is 10.8. The van der Waals surface area contributed by atoms with Crippen LogP contribution in [0.3, 0.4) is 0 Å². The number of nitrogens with two attached hydrogens (primary N) is 1. The fraction of sp³-hybridized carbons (Fsp3) is 0.167. The van der Waals surface area contributed by atoms with Crippen LogP contribution in [0.15, 0.2) is 24.5 Å². The van der Waals surface area contributed by atoms with E-state index in [2.05, 4.69) is 4.98 Å². The molecule has 0 saturated carbocycles. The zero-order valence-corrected chi connectivity index (χ0v) is 8.81. The molecule has 0 aliphatic carbocycles. The van der Waals surface area contributed by atoms with Gasteiger partial charge in [-0.05, 0) is 6.07 Å². The van der Waals surface area contributed by atoms with Gasteiger partial charge in [-0.25, -0.2) is 0 Å². The Morgan fingerprint density at radius 1 is 1.21 bits per heavy atom. The number of hydrogen-bond acceptors (Lipinski definition) is 6. The minimum absolute atomic E-state index is 0.187. The highest BCUT2D eigenvalue weighted by Gasteiger charge is 2.44. The van der Waals surface area contributed by atoms with Crippen molar-refractivity contribution < 1.29 is 19.6 Å². The Hall–Kier alpha value is -0.190. The molecule has 1 aromatic rings. The van der Waals surface area contributed by atoms with Crippen LogP contribution >= 0.6 is 16.8 Å². The molecule has 0 saturated heterocycles. The van der Waals surface area contributed by atoms with Crippen molar-refractivity contribution in [3.63, 3.8) is 0 Å². The normalized spacial score (nSPS) is 12.5. The lowest BCUT2D eigenvalue weighted by atomic mass is 10.3. The van der Waals surface area contributed by atoms with Gasteiger partial charge in [0.15, 0.2) is 5.02 Å². The van der Waals surface area contributed by atoms with E-state index in [0.29, 0.717) is 0 Å². The Morgan fingerprint density at radius 2 is 1.79 bits per heavy atom. The molecule has 0 aliphatic rings. The van der Waals surface area contributed by atoms with E-state index < -0.39 is 21.8 Å². The van der Waals surface area contributed by atoms with Crippen LogP contribution in [-0.2, 0) is 5.02 Å². The van der Waals surface area contributed by atoms with E-state index in [-0.39, 0.29) is 5.56 Å². The topological polar surface area (TPSA) is 120 Å². The Balaban J connectivity index is 3.13. The molecule has 0 aromatic carbocycles. The van der Waals surface area contributed by atoms with E-state index in [4.69, 9.17) is 25.3 Å². The number of hydrogen-bond donors (Lipinski definition) is 5. The summed E-state index contributed by atoms with van der Waals surface area (Å²) >= 11 is 0. The number of aromatic nitrogens is 1. The summed E-state index contributed by atoms with van der Waals surface area (Å²) in [6.07, 6.45) is 2.74. The van der Waals surface area contributed by atoms with Crippen molar-refractivity contribution in [3.05, 3.63) is 30.1 Å². The quantitative estimate of drug-likeness (QED) is 0.461. The summed E-state index contributed by atoms with van der Waals surface area (Å²) in [5, 5.41) is -1.92. The molecule has 6 N–H and O–H groups in total. The third-order valence-corrected chi connectivity index (χ3v) is 4.51. The zero-order valence-electron chi connectivity index (χ0n) is 7.02. The molecule has 1 heterocycles. The summed E-state index contributed by atoms with van der Waals surface area (Å²) in [7, 11) is -5.39. The lowest BCUT2D eigenvalue weighted by Crippen LogP contribution is -2.32. The lowest BCUT2D eigenvalue weighted by Gasteiger charge is -2.30. The Bertz CT molecular complexity index is 287. The molecule has 1 aromatic heterocycles. The molecule has 8 heteroatoms. The third kappa shape index (κ3) is 2.07. The van der Waals surface area contributed by atoms with Gasteiger partial charge in [0.1, 0.15) is 0 Å². The highest BCUT2D eigenvalue weighted by molar-refractivity contribution is 7.65. The van der Waals surface area contributed by atoms with E-state index in [1.54, 1.807) is 0 Å². The maximum Gasteiger partial charge on any atom is 0.201 e. The first-order chi connectivity index (χ1) is 6.49. The van der Waals surface area contributed by atoms with Gasteiger partial charge < -0.3 is 25.3 Å². The van der Waals surface area contributed by atoms with Crippen molar-refractivity contribution in [3.8, 4) is 0 Å². The van der Waals surface area contributed by atoms with E-state index in [1.165, 1.54) is 24.5 Å². The fourth-order valence-electron chi connectivity index (χ4n) is 0.891. The Morgan fingerprint density at radius 3 is 2.14 bits per heavy atom. The molecule has 0 spiro atoms. The fourth-order valence-corrected chi connectivity index (χ4v) is 2.26. The van der Waals surface area contributed by atoms with Gasteiger partial charge in [-0.2, -0.15) is 0 Å². The van der Waals surface area contributed by atoms with Crippen LogP contribution in [0.5, 0.6) is 0 Å². The van der Waals surface area contributed by atoms with Gasteiger partial charge in [-0.1, -0.05) is 6.07 Å². The van der Waals surface area contributed by atoms with Gasteiger partial charge in [-0.3, -0.25) is 4.98 Å². The molecule has 0 radical (unpaired) electrons. The molecule has 1 rings (SSSR count). The predicted octanol–water partition coefficient (Wildman–Crippen LogP) is -0.256. The lowest BCUT2D eigenvalue weighted by molar-refractivity contribution is 0.416. The van der Waals surface area contributed by atoms with Crippen molar-refractivity contribution in [2.45, 2.75) is 5.02 Å². The van der Waals surface area contributed by atoms with Crippen LogP contribution in [0.1, 0.15) is 5.56 Å². The summed E-state index contributed by atoms with van der Waals surface area (Å²) in [5.74, 6) is 0. The molecule has 0 bridgehead atoms. The molecule has 0 aliphatic heterocycles. The molecule has 0 fully saturated rings. The highest BCUT2D eigenvalue weighted by atomic mass is 31.2. The Kier molecular flexibility index (Phi) is 3.86. The van der Waals surface area contributed by atoms with Gasteiger partial charge in [0.05, 0.1) is 0 Å². The van der Waals surface area contributed by atoms with Gasteiger partial charge in [0.2, 0.25) is 16.8 Å². The summed E-state index contributed by atoms with van der Waals surface area (Å²) < 4.78 is 0. The van der Waals surface area contributed by atoms with Crippen LogP contribution in [0.4, 0.5) is 0 Å². The molecule has 0 amide bonds. The summed E-state index contributed by atoms with van der Waals surface area (Å²) in [6, 6.07) is 2.98. The monoisotopic (exact) mass is 236 g/mol. The van der Waals surface area contributed by atoms with Crippen LogP contribution in [0.2, 0.25) is 0 Å². The number of nitrogens with zero attached hydrogens (tertiary/aromatic N) is 1. The second kappa shape index (κ2) is 4.55. The molecule has 6 nitrogen and oxygen atoms in total. The van der Waals surface area contributed by atoms with Gasteiger partial charge >= 0.3 is 0 Å². The highest BCUT2D eigenvalue weighted by Crippen LogP contribution is 2.61. The third-order valence-electron chi connectivity index (χ3n) is 1.70. The molecule has 0 atom stereocenters. The number of rotatable bonds is 3. The van der Waals surface area contributed by atoms with Crippen LogP contribution < -0.4 is 5.73 Å². The van der Waals surface area contributed by atoms with E-state index >= 15 is 0 Å². The van der Waals surface area contributed by atoms with Gasteiger partial charge in [-0.15, -0.1) is 0 Å². The minimum Gasteiger partial charge on any atom is -0.348 e. The minimum atomic E-state index is -2.70. The summed E-state index contributed by atoms with van der Waals surface area (Å²) in [4.78, 5) is 39.9. The average Bonchev–Trinajstić information content (AvgIpc) is 2.17. The first kappa shape index (κ1) is 11.9. The second-order valence-corrected chi connectivity index (χ2v) is 5.47. The molecule has 14 heavy (non-hydrogen) atoms. The average molecular weight is 236 g/mol. The maximum atomic E-state index is 9.06. The van der Waals surface area contributed by atoms with Crippen molar-refractivity contribution in [1.29, 1.82) is 0 Å². The maximum absolute atomic E-state index is 9.06. The second-order valence-electron chi connectivity index (χ2n) is 2.55. The van der Waals surface area contributed by atoms with Crippen molar-refractivity contribution in [2.24, 2.45) is 5.73 Å². The van der Waals surface area contributed by atoms with Crippen LogP contribution in [0.25, 0.3) is 0 Å². The largest absolute Gasteiger partial charge is 0.348 e. The molecular formula is C6H10N2O4P2. The SMILES string of the molecule is NC(c1cccnc1)(P(O)O)P(O)O. The Labute approximate surface area is 82.9 Å².